The van der Waals surface area contributed by atoms with E-state index < -0.39 is 28.5 Å². The normalized spacial score (nSPS) is 10.9. The summed E-state index contributed by atoms with van der Waals surface area (Å²) in [6.45, 7) is -0.545. The van der Waals surface area contributed by atoms with Crippen molar-refractivity contribution in [3.05, 3.63) is 59.7 Å². The lowest BCUT2D eigenvalue weighted by Crippen LogP contribution is -2.22. The van der Waals surface area contributed by atoms with Crippen LogP contribution in [0.2, 0.25) is 0 Å². The van der Waals surface area contributed by atoms with Crippen LogP contribution in [0.3, 0.4) is 0 Å². The smallest absolute Gasteiger partial charge is 0.338 e. The maximum atomic E-state index is 12.0. The first-order valence-corrected chi connectivity index (χ1v) is 9.18. The number of anilines is 1. The Hall–Kier alpha value is -3.22. The van der Waals surface area contributed by atoms with Crippen LogP contribution in [0.1, 0.15) is 15.9 Å². The standard InChI is InChI=1S/C18H17N3O5S/c1-21(2)27(24,25)15-9-7-13(8-10-15)18(23)26-12-17(22)20-16-6-4-3-5-14(16)11-19/h3-10H,12H2,1-2H3,(H,20,22). The molecule has 2 aromatic carbocycles. The van der Waals surface area contributed by atoms with Crippen LogP contribution in [-0.2, 0) is 19.6 Å². The van der Waals surface area contributed by atoms with Gasteiger partial charge in [-0.2, -0.15) is 5.26 Å². The number of nitriles is 1. The van der Waals surface area contributed by atoms with Crippen LogP contribution in [0.15, 0.2) is 53.4 Å². The minimum Gasteiger partial charge on any atom is -0.452 e. The van der Waals surface area contributed by atoms with E-state index in [9.17, 15) is 18.0 Å². The van der Waals surface area contributed by atoms with Gasteiger partial charge in [0, 0.05) is 14.1 Å². The van der Waals surface area contributed by atoms with Gasteiger partial charge in [0.25, 0.3) is 5.91 Å². The van der Waals surface area contributed by atoms with Gasteiger partial charge in [-0.1, -0.05) is 12.1 Å². The number of hydrogen-bond donors (Lipinski definition) is 1. The number of esters is 1. The number of carbonyl (C=O) groups is 2. The van der Waals surface area contributed by atoms with Crippen molar-refractivity contribution in [1.82, 2.24) is 4.31 Å². The van der Waals surface area contributed by atoms with Crippen molar-refractivity contribution < 1.29 is 22.7 Å². The fourth-order valence-corrected chi connectivity index (χ4v) is 2.97. The van der Waals surface area contributed by atoms with Crippen molar-refractivity contribution in [2.45, 2.75) is 4.90 Å². The zero-order valence-corrected chi connectivity index (χ0v) is 15.5. The molecule has 0 atom stereocenters. The molecule has 140 valence electrons. The van der Waals surface area contributed by atoms with Crippen LogP contribution in [0.5, 0.6) is 0 Å². The van der Waals surface area contributed by atoms with E-state index in [1.54, 1.807) is 24.3 Å². The van der Waals surface area contributed by atoms with Crippen LogP contribution in [0.4, 0.5) is 5.69 Å². The first-order valence-electron chi connectivity index (χ1n) is 7.74. The summed E-state index contributed by atoms with van der Waals surface area (Å²) in [6.07, 6.45) is 0. The average Bonchev–Trinajstić information content (AvgIpc) is 2.66. The summed E-state index contributed by atoms with van der Waals surface area (Å²) in [7, 11) is -0.789. The van der Waals surface area contributed by atoms with Crippen molar-refractivity contribution in [2.75, 3.05) is 26.0 Å². The number of hydrogen-bond acceptors (Lipinski definition) is 6. The molecule has 0 unspecified atom stereocenters. The molecule has 0 aliphatic rings. The van der Waals surface area contributed by atoms with E-state index in [4.69, 9.17) is 10.00 Å². The van der Waals surface area contributed by atoms with Crippen molar-refractivity contribution in [3.63, 3.8) is 0 Å². The quantitative estimate of drug-likeness (QED) is 0.753. The van der Waals surface area contributed by atoms with Gasteiger partial charge < -0.3 is 10.1 Å². The first kappa shape index (κ1) is 20.1. The van der Waals surface area contributed by atoms with Gasteiger partial charge in [0.05, 0.1) is 21.7 Å². The average molecular weight is 387 g/mol. The second kappa shape index (κ2) is 8.44. The molecule has 0 radical (unpaired) electrons. The zero-order chi connectivity index (χ0) is 20.0. The minimum atomic E-state index is -3.60. The molecule has 9 heteroatoms. The number of nitrogens with one attached hydrogen (secondary N) is 1. The lowest BCUT2D eigenvalue weighted by atomic mass is 10.2. The Morgan fingerprint density at radius 1 is 1.11 bits per heavy atom. The number of amides is 1. The highest BCUT2D eigenvalue weighted by Crippen LogP contribution is 2.15. The zero-order valence-electron chi connectivity index (χ0n) is 14.7. The van der Waals surface area contributed by atoms with Gasteiger partial charge in [0.2, 0.25) is 10.0 Å². The molecule has 0 heterocycles. The second-order valence-corrected chi connectivity index (χ2v) is 7.75. The molecular weight excluding hydrogens is 370 g/mol. The third-order valence-corrected chi connectivity index (χ3v) is 5.35. The number of rotatable bonds is 6. The Bertz CT molecular complexity index is 992. The molecule has 0 saturated carbocycles. The highest BCUT2D eigenvalue weighted by molar-refractivity contribution is 7.89. The highest BCUT2D eigenvalue weighted by Gasteiger charge is 2.18. The molecule has 1 amide bonds. The summed E-state index contributed by atoms with van der Waals surface area (Å²) in [5, 5.41) is 11.5. The maximum Gasteiger partial charge on any atom is 0.338 e. The first-order chi connectivity index (χ1) is 12.8. The summed E-state index contributed by atoms with van der Waals surface area (Å²) in [4.78, 5) is 23.9. The number of ether oxygens (including phenoxy) is 1. The molecule has 0 aliphatic heterocycles. The second-order valence-electron chi connectivity index (χ2n) is 5.59. The molecule has 2 aromatic rings. The van der Waals surface area contributed by atoms with Crippen LogP contribution in [0, 0.1) is 11.3 Å². The Morgan fingerprint density at radius 3 is 2.33 bits per heavy atom. The summed E-state index contributed by atoms with van der Waals surface area (Å²) >= 11 is 0. The van der Waals surface area contributed by atoms with E-state index in [1.807, 2.05) is 6.07 Å². The predicted molar refractivity (Wildman–Crippen MR) is 97.4 cm³/mol. The molecule has 8 nitrogen and oxygen atoms in total. The fraction of sp³-hybridized carbons (Fsp3) is 0.167. The molecule has 0 saturated heterocycles. The highest BCUT2D eigenvalue weighted by atomic mass is 32.2. The summed E-state index contributed by atoms with van der Waals surface area (Å²) < 4.78 is 29.9. The van der Waals surface area contributed by atoms with Crippen LogP contribution in [-0.4, -0.2) is 45.3 Å². The molecule has 0 fully saturated rings. The van der Waals surface area contributed by atoms with Gasteiger partial charge >= 0.3 is 5.97 Å². The van der Waals surface area contributed by atoms with Gasteiger partial charge in [0.15, 0.2) is 6.61 Å². The van der Waals surface area contributed by atoms with Crippen molar-refractivity contribution in [2.24, 2.45) is 0 Å². The van der Waals surface area contributed by atoms with Gasteiger partial charge in [0.1, 0.15) is 6.07 Å². The summed E-state index contributed by atoms with van der Waals surface area (Å²) in [5.74, 6) is -1.37. The third kappa shape index (κ3) is 4.91. The van der Waals surface area contributed by atoms with Crippen molar-refractivity contribution in [1.29, 1.82) is 5.26 Å². The van der Waals surface area contributed by atoms with E-state index in [1.165, 1.54) is 38.4 Å². The Kier molecular flexibility index (Phi) is 6.28. The minimum absolute atomic E-state index is 0.0369. The number of para-hydroxylation sites is 1. The largest absolute Gasteiger partial charge is 0.452 e. The Balaban J connectivity index is 1.98. The topological polar surface area (TPSA) is 117 Å². The lowest BCUT2D eigenvalue weighted by Gasteiger charge is -2.11. The van der Waals surface area contributed by atoms with E-state index in [-0.39, 0.29) is 16.0 Å². The van der Waals surface area contributed by atoms with Crippen molar-refractivity contribution in [3.8, 4) is 6.07 Å². The predicted octanol–water partition coefficient (Wildman–Crippen LogP) is 1.60. The molecule has 0 aliphatic carbocycles. The molecule has 0 bridgehead atoms. The van der Waals surface area contributed by atoms with E-state index in [0.29, 0.717) is 5.69 Å². The maximum absolute atomic E-state index is 12.0. The Morgan fingerprint density at radius 2 is 1.74 bits per heavy atom. The number of sulfonamides is 1. The van der Waals surface area contributed by atoms with E-state index >= 15 is 0 Å². The van der Waals surface area contributed by atoms with Crippen LogP contribution >= 0.6 is 0 Å². The third-order valence-electron chi connectivity index (χ3n) is 3.52. The van der Waals surface area contributed by atoms with Gasteiger partial charge in [-0.25, -0.2) is 17.5 Å². The lowest BCUT2D eigenvalue weighted by molar-refractivity contribution is -0.119. The summed E-state index contributed by atoms with van der Waals surface area (Å²) in [6, 6.07) is 13.6. The number of nitrogens with zero attached hydrogens (tertiary/aromatic N) is 2. The van der Waals surface area contributed by atoms with Crippen LogP contribution < -0.4 is 5.32 Å². The molecule has 1 N–H and O–H groups in total. The summed E-state index contributed by atoms with van der Waals surface area (Å²) in [5.41, 5.74) is 0.715. The molecule has 27 heavy (non-hydrogen) atoms. The van der Waals surface area contributed by atoms with E-state index in [2.05, 4.69) is 5.32 Å². The van der Waals surface area contributed by atoms with Crippen LogP contribution in [0.25, 0.3) is 0 Å². The molecule has 0 spiro atoms. The molecule has 2 rings (SSSR count). The van der Waals surface area contributed by atoms with Gasteiger partial charge in [-0.05, 0) is 36.4 Å². The monoisotopic (exact) mass is 387 g/mol. The number of benzene rings is 2. The van der Waals surface area contributed by atoms with Gasteiger partial charge in [-0.15, -0.1) is 0 Å². The van der Waals surface area contributed by atoms with Gasteiger partial charge in [-0.3, -0.25) is 4.79 Å². The fourth-order valence-electron chi connectivity index (χ4n) is 2.06. The van der Waals surface area contributed by atoms with Crippen molar-refractivity contribution >= 4 is 27.6 Å². The molecule has 0 aromatic heterocycles. The van der Waals surface area contributed by atoms with E-state index in [0.717, 1.165) is 4.31 Å². The SMILES string of the molecule is CN(C)S(=O)(=O)c1ccc(C(=O)OCC(=O)Nc2ccccc2C#N)cc1. The molecular formula is C18H17N3O5S. The number of carbonyl (C=O) groups excluding carboxylic acids is 2. The Labute approximate surface area is 157 Å².